The van der Waals surface area contributed by atoms with Crippen LogP contribution in [0, 0.1) is 23.7 Å². The average Bonchev–Trinajstić information content (AvgIpc) is 3.07. The minimum Gasteiger partial charge on any atom is -0.506 e. The highest BCUT2D eigenvalue weighted by Gasteiger charge is 2.66. The number of phenolic OH excluding ortho intramolecular Hbond substituents is 1. The Morgan fingerprint density at radius 3 is 2.18 bits per heavy atom. The maximum absolute atomic E-state index is 12.8. The van der Waals surface area contributed by atoms with E-state index in [4.69, 9.17) is 11.6 Å². The molecular weight excluding hydrogens is 437 g/mol. The summed E-state index contributed by atoms with van der Waals surface area (Å²) < 4.78 is 0. The predicted molar refractivity (Wildman–Crippen MR) is 89.6 cm³/mol. The van der Waals surface area contributed by atoms with Crippen molar-refractivity contribution in [1.29, 1.82) is 0 Å². The third-order valence-electron chi connectivity index (χ3n) is 5.17. The molecule has 0 aromatic heterocycles. The highest BCUT2D eigenvalue weighted by atomic mass is 79.9. The van der Waals surface area contributed by atoms with E-state index in [1.54, 1.807) is 0 Å². The molecule has 4 rings (SSSR count). The lowest BCUT2D eigenvalue weighted by Crippen LogP contribution is -2.37. The molecule has 1 aromatic rings. The maximum Gasteiger partial charge on any atom is 0.238 e. The summed E-state index contributed by atoms with van der Waals surface area (Å²) in [5.74, 6) is -0.829. The smallest absolute Gasteiger partial charge is 0.238 e. The Balaban J connectivity index is 1.77. The molecule has 1 heterocycles. The number of hydrogen-bond donors (Lipinski definition) is 1. The van der Waals surface area contributed by atoms with Gasteiger partial charge >= 0.3 is 0 Å². The predicted octanol–water partition coefficient (Wildman–Crippen LogP) is 3.33. The molecule has 1 N–H and O–H groups in total. The van der Waals surface area contributed by atoms with Crippen molar-refractivity contribution >= 4 is 61.0 Å². The van der Waals surface area contributed by atoms with Gasteiger partial charge in [0.1, 0.15) is 5.75 Å². The summed E-state index contributed by atoms with van der Waals surface area (Å²) in [6.07, 6.45) is 0.883. The first kappa shape index (κ1) is 15.0. The van der Waals surface area contributed by atoms with Crippen molar-refractivity contribution in [2.24, 2.45) is 23.7 Å². The van der Waals surface area contributed by atoms with Crippen LogP contribution in [-0.4, -0.2) is 26.6 Å². The fourth-order valence-electron chi connectivity index (χ4n) is 4.26. The zero-order valence-electron chi connectivity index (χ0n) is 11.2. The summed E-state index contributed by atoms with van der Waals surface area (Å²) in [4.78, 5) is 27.2. The summed E-state index contributed by atoms with van der Waals surface area (Å²) >= 11 is 13.2. The minimum absolute atomic E-state index is 0.107. The Morgan fingerprint density at radius 1 is 1.09 bits per heavy atom. The van der Waals surface area contributed by atoms with Crippen LogP contribution in [0.25, 0.3) is 0 Å². The fourth-order valence-corrected chi connectivity index (χ4v) is 6.30. The molecule has 2 bridgehead atoms. The second kappa shape index (κ2) is 4.95. The highest BCUT2D eigenvalue weighted by Crippen LogP contribution is 2.60. The Kier molecular flexibility index (Phi) is 3.37. The number of halogens is 3. The fraction of sp³-hybridized carbons (Fsp3) is 0.467. The Bertz CT molecular complexity index is 665. The molecule has 116 valence electrons. The molecule has 1 saturated heterocycles. The first-order chi connectivity index (χ1) is 10.4. The number of benzene rings is 1. The highest BCUT2D eigenvalue weighted by molar-refractivity contribution is 9.12. The SMILES string of the molecule is O=C1[C@@H]2[C@H]3C[C@@H]([C@@H](Br)[C@@H]3Br)[C@@H]2C(=O)N1c1cc(Cl)ccc1O. The lowest BCUT2D eigenvalue weighted by atomic mass is 9.81. The standard InChI is InChI=1S/C15H12Br2ClNO3/c16-12-6-4-7(13(12)17)11-10(6)14(21)19(15(11)22)8-3-5(18)1-2-9(8)20/h1-3,6-7,10-13,20H,4H2/t6-,7-,10-,11+,12-,13-/m1/s1. The van der Waals surface area contributed by atoms with Crippen molar-refractivity contribution < 1.29 is 14.7 Å². The van der Waals surface area contributed by atoms with Gasteiger partial charge in [0.05, 0.1) is 17.5 Å². The van der Waals surface area contributed by atoms with Crippen LogP contribution in [0.4, 0.5) is 5.69 Å². The number of phenols is 1. The van der Waals surface area contributed by atoms with Gasteiger partial charge in [-0.15, -0.1) is 0 Å². The molecule has 6 atom stereocenters. The summed E-state index contributed by atoms with van der Waals surface area (Å²) in [5, 5.41) is 10.4. The van der Waals surface area contributed by atoms with Gasteiger partial charge in [-0.25, -0.2) is 4.90 Å². The number of imide groups is 1. The third kappa shape index (κ3) is 1.80. The lowest BCUT2D eigenvalue weighted by molar-refractivity contribution is -0.123. The Labute approximate surface area is 149 Å². The van der Waals surface area contributed by atoms with Crippen LogP contribution in [0.2, 0.25) is 5.02 Å². The summed E-state index contributed by atoms with van der Waals surface area (Å²) in [5.41, 5.74) is 0.188. The molecule has 3 fully saturated rings. The van der Waals surface area contributed by atoms with E-state index < -0.39 is 0 Å². The van der Waals surface area contributed by atoms with E-state index in [0.717, 1.165) is 11.3 Å². The number of aromatic hydroxyl groups is 1. The second-order valence-corrected chi connectivity index (χ2v) is 8.70. The van der Waals surface area contributed by atoms with Crippen LogP contribution >= 0.6 is 43.5 Å². The van der Waals surface area contributed by atoms with Crippen LogP contribution in [0.3, 0.4) is 0 Å². The van der Waals surface area contributed by atoms with Crippen LogP contribution in [0.1, 0.15) is 6.42 Å². The van der Waals surface area contributed by atoms with Crippen molar-refractivity contribution in [3.05, 3.63) is 23.2 Å². The van der Waals surface area contributed by atoms with Crippen molar-refractivity contribution in [2.45, 2.75) is 16.1 Å². The topological polar surface area (TPSA) is 57.6 Å². The number of carbonyl (C=O) groups is 2. The Hall–Kier alpha value is -0.590. The molecule has 2 aliphatic carbocycles. The van der Waals surface area contributed by atoms with Gasteiger partial charge in [-0.3, -0.25) is 9.59 Å². The normalized spacial score (nSPS) is 39.7. The summed E-state index contributed by atoms with van der Waals surface area (Å²) in [7, 11) is 0. The number of carbonyl (C=O) groups excluding carboxylic acids is 2. The van der Waals surface area contributed by atoms with Crippen LogP contribution in [0.5, 0.6) is 5.75 Å². The zero-order valence-corrected chi connectivity index (χ0v) is 15.2. The van der Waals surface area contributed by atoms with E-state index in [9.17, 15) is 14.7 Å². The van der Waals surface area contributed by atoms with Crippen molar-refractivity contribution in [2.75, 3.05) is 4.90 Å². The molecule has 22 heavy (non-hydrogen) atoms. The molecule has 7 heteroatoms. The molecule has 1 aromatic carbocycles. The molecule has 0 spiro atoms. The number of fused-ring (bicyclic) bond motifs is 5. The number of amides is 2. The van der Waals surface area contributed by atoms with Crippen LogP contribution in [0.15, 0.2) is 18.2 Å². The van der Waals surface area contributed by atoms with Gasteiger partial charge in [0.2, 0.25) is 11.8 Å². The maximum atomic E-state index is 12.8. The van der Waals surface area contributed by atoms with Gasteiger partial charge in [0.15, 0.2) is 0 Å². The van der Waals surface area contributed by atoms with Crippen molar-refractivity contribution in [1.82, 2.24) is 0 Å². The quantitative estimate of drug-likeness (QED) is 0.529. The minimum atomic E-state index is -0.297. The first-order valence-electron chi connectivity index (χ1n) is 7.06. The van der Waals surface area contributed by atoms with Gasteiger partial charge in [0.25, 0.3) is 0 Å². The third-order valence-corrected chi connectivity index (χ3v) is 8.61. The molecule has 0 radical (unpaired) electrons. The molecular formula is C15H12Br2ClNO3. The number of anilines is 1. The van der Waals surface area contributed by atoms with Crippen LogP contribution in [-0.2, 0) is 9.59 Å². The first-order valence-corrected chi connectivity index (χ1v) is 9.27. The van der Waals surface area contributed by atoms with Gasteiger partial charge in [-0.1, -0.05) is 43.5 Å². The number of alkyl halides is 2. The van der Waals surface area contributed by atoms with E-state index in [1.165, 1.54) is 18.2 Å². The molecule has 3 aliphatic rings. The van der Waals surface area contributed by atoms with E-state index in [2.05, 4.69) is 31.9 Å². The molecule has 2 amide bonds. The van der Waals surface area contributed by atoms with Crippen LogP contribution < -0.4 is 4.90 Å². The monoisotopic (exact) mass is 447 g/mol. The zero-order chi connectivity index (χ0) is 15.8. The lowest BCUT2D eigenvalue weighted by Gasteiger charge is -2.28. The molecule has 4 nitrogen and oxygen atoms in total. The van der Waals surface area contributed by atoms with Gasteiger partial charge in [-0.05, 0) is 36.5 Å². The van der Waals surface area contributed by atoms with Gasteiger partial charge in [-0.2, -0.15) is 0 Å². The van der Waals surface area contributed by atoms with Crippen molar-refractivity contribution in [3.63, 3.8) is 0 Å². The van der Waals surface area contributed by atoms with Gasteiger partial charge in [0, 0.05) is 14.7 Å². The van der Waals surface area contributed by atoms with Crippen molar-refractivity contribution in [3.8, 4) is 5.75 Å². The Morgan fingerprint density at radius 2 is 1.64 bits per heavy atom. The number of hydrogen-bond acceptors (Lipinski definition) is 3. The second-order valence-electron chi connectivity index (χ2n) is 6.15. The number of rotatable bonds is 1. The average molecular weight is 450 g/mol. The van der Waals surface area contributed by atoms with E-state index >= 15 is 0 Å². The summed E-state index contributed by atoms with van der Waals surface area (Å²) in [6.45, 7) is 0. The molecule has 2 saturated carbocycles. The van der Waals surface area contributed by atoms with Gasteiger partial charge < -0.3 is 5.11 Å². The van der Waals surface area contributed by atoms with E-state index in [-0.39, 0.29) is 56.6 Å². The number of nitrogens with zero attached hydrogens (tertiary/aromatic N) is 1. The molecule has 1 aliphatic heterocycles. The largest absolute Gasteiger partial charge is 0.506 e. The summed E-state index contributed by atoms with van der Waals surface area (Å²) in [6, 6.07) is 4.40. The van der Waals surface area contributed by atoms with E-state index in [1.807, 2.05) is 0 Å². The molecule has 0 unspecified atom stereocenters. The van der Waals surface area contributed by atoms with E-state index in [0.29, 0.717) is 5.02 Å².